The molecular formula is C14H18ClN3O2. The Morgan fingerprint density at radius 1 is 1.60 bits per heavy atom. The van der Waals surface area contributed by atoms with Crippen LogP contribution in [0.1, 0.15) is 13.8 Å². The van der Waals surface area contributed by atoms with Gasteiger partial charge in [-0.05, 0) is 25.1 Å². The second kappa shape index (κ2) is 7.73. The molecule has 0 aliphatic carbocycles. The highest BCUT2D eigenvalue weighted by molar-refractivity contribution is 6.18. The molecule has 0 heterocycles. The summed E-state index contributed by atoms with van der Waals surface area (Å²) in [7, 11) is 0. The maximum Gasteiger partial charge on any atom is 0.221 e. The van der Waals surface area contributed by atoms with Crippen LogP contribution >= 0.6 is 11.6 Å². The molecule has 0 spiro atoms. The zero-order chi connectivity index (χ0) is 15.1. The Kier molecular flexibility index (Phi) is 6.29. The zero-order valence-corrected chi connectivity index (χ0v) is 12.3. The van der Waals surface area contributed by atoms with Gasteiger partial charge >= 0.3 is 0 Å². The number of aliphatic hydroxyl groups is 1. The van der Waals surface area contributed by atoms with Crippen LogP contribution in [-0.2, 0) is 4.79 Å². The van der Waals surface area contributed by atoms with Gasteiger partial charge in [0.2, 0.25) is 5.91 Å². The number of nitrogens with zero attached hydrogens (tertiary/aromatic N) is 2. The number of halogens is 1. The average molecular weight is 296 g/mol. The number of carbonyl (C=O) groups excluding carboxylic acids is 1. The van der Waals surface area contributed by atoms with E-state index in [2.05, 4.69) is 11.4 Å². The molecule has 1 aromatic carbocycles. The standard InChI is InChI=1S/C14H18ClN3O2/c1-10(8-16)18(9-14(20)7-15)13-5-3-4-12(6-13)17-11(2)19/h3-6,10,14,20H,7,9H2,1-2H3,(H,17,19). The molecule has 2 atom stereocenters. The van der Waals surface area contributed by atoms with Gasteiger partial charge in [-0.25, -0.2) is 0 Å². The number of amides is 1. The maximum atomic E-state index is 11.1. The highest BCUT2D eigenvalue weighted by Crippen LogP contribution is 2.22. The summed E-state index contributed by atoms with van der Waals surface area (Å²) in [4.78, 5) is 12.8. The highest BCUT2D eigenvalue weighted by Gasteiger charge is 2.18. The molecule has 2 unspecified atom stereocenters. The van der Waals surface area contributed by atoms with E-state index in [-0.39, 0.29) is 18.3 Å². The van der Waals surface area contributed by atoms with Crippen molar-refractivity contribution in [3.8, 4) is 6.07 Å². The van der Waals surface area contributed by atoms with Gasteiger partial charge in [-0.15, -0.1) is 11.6 Å². The third-order valence-electron chi connectivity index (χ3n) is 2.74. The van der Waals surface area contributed by atoms with Gasteiger partial charge in [0.25, 0.3) is 0 Å². The van der Waals surface area contributed by atoms with Crippen LogP contribution in [0.5, 0.6) is 0 Å². The molecule has 1 amide bonds. The van der Waals surface area contributed by atoms with Gasteiger partial charge in [-0.2, -0.15) is 5.26 Å². The van der Waals surface area contributed by atoms with Gasteiger partial charge in [0.15, 0.2) is 0 Å². The Morgan fingerprint density at radius 3 is 2.85 bits per heavy atom. The smallest absolute Gasteiger partial charge is 0.221 e. The van der Waals surface area contributed by atoms with Crippen molar-refractivity contribution in [1.82, 2.24) is 0 Å². The molecule has 2 N–H and O–H groups in total. The van der Waals surface area contributed by atoms with Crippen LogP contribution < -0.4 is 10.2 Å². The SMILES string of the molecule is CC(=O)Nc1cccc(N(CC(O)CCl)C(C)C#N)c1. The average Bonchev–Trinajstić information content (AvgIpc) is 2.43. The number of alkyl halides is 1. The van der Waals surface area contributed by atoms with E-state index >= 15 is 0 Å². The zero-order valence-electron chi connectivity index (χ0n) is 11.5. The van der Waals surface area contributed by atoms with E-state index in [1.54, 1.807) is 30.0 Å². The van der Waals surface area contributed by atoms with Gasteiger partial charge < -0.3 is 15.3 Å². The number of hydrogen-bond acceptors (Lipinski definition) is 4. The van der Waals surface area contributed by atoms with Crippen molar-refractivity contribution < 1.29 is 9.90 Å². The summed E-state index contributed by atoms with van der Waals surface area (Å²) in [5.74, 6) is -0.0668. The van der Waals surface area contributed by atoms with Crippen molar-refractivity contribution in [2.75, 3.05) is 22.6 Å². The van der Waals surface area contributed by atoms with E-state index in [0.717, 1.165) is 5.69 Å². The Balaban J connectivity index is 3.01. The first-order chi connectivity index (χ1) is 9.47. The van der Waals surface area contributed by atoms with Crippen LogP contribution in [0.3, 0.4) is 0 Å². The number of aliphatic hydroxyl groups excluding tert-OH is 1. The molecule has 6 heteroatoms. The lowest BCUT2D eigenvalue weighted by molar-refractivity contribution is -0.114. The summed E-state index contributed by atoms with van der Waals surface area (Å²) in [6.07, 6.45) is -0.725. The van der Waals surface area contributed by atoms with Crippen molar-refractivity contribution in [3.63, 3.8) is 0 Å². The normalized spacial score (nSPS) is 13.2. The predicted octanol–water partition coefficient (Wildman–Crippen LogP) is 1.96. The van der Waals surface area contributed by atoms with Crippen molar-refractivity contribution in [1.29, 1.82) is 5.26 Å². The number of benzene rings is 1. The Labute approximate surface area is 123 Å². The third kappa shape index (κ3) is 4.72. The molecule has 0 saturated carbocycles. The van der Waals surface area contributed by atoms with Crippen molar-refractivity contribution in [3.05, 3.63) is 24.3 Å². The summed E-state index contributed by atoms with van der Waals surface area (Å²) in [5.41, 5.74) is 1.39. The van der Waals surface area contributed by atoms with Crippen LogP contribution in [-0.4, -0.2) is 35.6 Å². The maximum absolute atomic E-state index is 11.1. The summed E-state index contributed by atoms with van der Waals surface area (Å²) in [6, 6.07) is 8.85. The van der Waals surface area contributed by atoms with E-state index in [1.165, 1.54) is 6.92 Å². The molecule has 20 heavy (non-hydrogen) atoms. The molecule has 1 aromatic rings. The van der Waals surface area contributed by atoms with Crippen molar-refractivity contribution in [2.24, 2.45) is 0 Å². The Bertz CT molecular complexity index is 501. The molecule has 5 nitrogen and oxygen atoms in total. The Hall–Kier alpha value is -1.77. The lowest BCUT2D eigenvalue weighted by Gasteiger charge is -2.29. The van der Waals surface area contributed by atoms with Crippen LogP contribution in [0.15, 0.2) is 24.3 Å². The van der Waals surface area contributed by atoms with Gasteiger partial charge in [-0.1, -0.05) is 6.07 Å². The second-order valence-corrected chi connectivity index (χ2v) is 4.81. The first kappa shape index (κ1) is 16.3. The summed E-state index contributed by atoms with van der Waals surface area (Å²) < 4.78 is 0. The first-order valence-corrected chi connectivity index (χ1v) is 6.79. The Morgan fingerprint density at radius 2 is 2.30 bits per heavy atom. The number of nitrogens with one attached hydrogen (secondary N) is 1. The lowest BCUT2D eigenvalue weighted by Crippen LogP contribution is -2.39. The number of nitriles is 1. The second-order valence-electron chi connectivity index (χ2n) is 4.50. The van der Waals surface area contributed by atoms with E-state index < -0.39 is 12.1 Å². The molecule has 1 rings (SSSR count). The molecule has 0 fully saturated rings. The number of rotatable bonds is 6. The highest BCUT2D eigenvalue weighted by atomic mass is 35.5. The van der Waals surface area contributed by atoms with Crippen molar-refractivity contribution in [2.45, 2.75) is 26.0 Å². The minimum absolute atomic E-state index is 0.0973. The molecule has 0 saturated heterocycles. The largest absolute Gasteiger partial charge is 0.390 e. The lowest BCUT2D eigenvalue weighted by atomic mass is 10.2. The molecule has 0 aliphatic rings. The molecule has 108 valence electrons. The molecule has 0 bridgehead atoms. The third-order valence-corrected chi connectivity index (χ3v) is 3.09. The molecule has 0 aliphatic heterocycles. The number of anilines is 2. The van der Waals surface area contributed by atoms with E-state index in [9.17, 15) is 9.90 Å². The van der Waals surface area contributed by atoms with Crippen molar-refractivity contribution >= 4 is 28.9 Å². The summed E-state index contributed by atoms with van der Waals surface area (Å²) >= 11 is 5.61. The molecule has 0 radical (unpaired) electrons. The van der Waals surface area contributed by atoms with Gasteiger partial charge in [0.1, 0.15) is 6.04 Å². The molecular weight excluding hydrogens is 278 g/mol. The van der Waals surface area contributed by atoms with Gasteiger partial charge in [0, 0.05) is 24.8 Å². The van der Waals surface area contributed by atoms with Crippen LogP contribution in [0.2, 0.25) is 0 Å². The van der Waals surface area contributed by atoms with Crippen LogP contribution in [0.4, 0.5) is 11.4 Å². The fourth-order valence-electron chi connectivity index (χ4n) is 1.80. The minimum atomic E-state index is -0.725. The van der Waals surface area contributed by atoms with E-state index in [1.807, 2.05) is 6.07 Å². The van der Waals surface area contributed by atoms with Gasteiger partial charge in [0.05, 0.1) is 18.1 Å². The fraction of sp³-hybridized carbons (Fsp3) is 0.429. The fourth-order valence-corrected chi connectivity index (χ4v) is 1.90. The van der Waals surface area contributed by atoms with Gasteiger partial charge in [-0.3, -0.25) is 4.79 Å². The summed E-state index contributed by atoms with van der Waals surface area (Å²) in [6.45, 7) is 3.42. The predicted molar refractivity (Wildman–Crippen MR) is 79.9 cm³/mol. The topological polar surface area (TPSA) is 76.4 Å². The first-order valence-electron chi connectivity index (χ1n) is 6.26. The molecule has 0 aromatic heterocycles. The van der Waals surface area contributed by atoms with E-state index in [4.69, 9.17) is 16.9 Å². The quantitative estimate of drug-likeness (QED) is 0.787. The van der Waals surface area contributed by atoms with E-state index in [0.29, 0.717) is 5.69 Å². The number of hydrogen-bond donors (Lipinski definition) is 2. The van der Waals surface area contributed by atoms with Crippen LogP contribution in [0.25, 0.3) is 0 Å². The monoisotopic (exact) mass is 295 g/mol. The number of carbonyl (C=O) groups is 1. The van der Waals surface area contributed by atoms with Crippen LogP contribution in [0, 0.1) is 11.3 Å². The summed E-state index contributed by atoms with van der Waals surface area (Å²) in [5, 5.41) is 21.5. The minimum Gasteiger partial charge on any atom is -0.390 e.